The summed E-state index contributed by atoms with van der Waals surface area (Å²) in [7, 11) is 0. The van der Waals surface area contributed by atoms with Crippen molar-refractivity contribution < 1.29 is 0 Å². The van der Waals surface area contributed by atoms with Crippen LogP contribution in [0.1, 0.15) is 9.88 Å². The van der Waals surface area contributed by atoms with Gasteiger partial charge in [-0.15, -0.1) is 21.5 Å². The Bertz CT molecular complexity index is 890. The number of rotatable bonds is 3. The Morgan fingerprint density at radius 3 is 2.90 bits per heavy atom. The van der Waals surface area contributed by atoms with Crippen LogP contribution in [0.2, 0.25) is 0 Å². The lowest BCUT2D eigenvalue weighted by Crippen LogP contribution is -1.90. The molecule has 7 heteroatoms. The summed E-state index contributed by atoms with van der Waals surface area (Å²) in [4.78, 5) is 6.09. The molecule has 0 N–H and O–H groups in total. The van der Waals surface area contributed by atoms with Crippen LogP contribution in [0, 0.1) is 0 Å². The van der Waals surface area contributed by atoms with E-state index in [9.17, 15) is 0 Å². The summed E-state index contributed by atoms with van der Waals surface area (Å²) in [5, 5.41) is 15.9. The minimum atomic E-state index is 0.713. The molecule has 4 rings (SSSR count). The fourth-order valence-corrected chi connectivity index (χ4v) is 3.27. The first kappa shape index (κ1) is 12.4. The highest BCUT2D eigenvalue weighted by molar-refractivity contribution is 7.17. The molecule has 0 spiro atoms. The van der Waals surface area contributed by atoms with E-state index in [1.807, 2.05) is 24.3 Å². The molecule has 0 bridgehead atoms. The molecule has 4 aromatic heterocycles. The van der Waals surface area contributed by atoms with E-state index in [0.717, 1.165) is 15.5 Å². The number of hydrogen-bond donors (Lipinski definition) is 0. The Labute approximate surface area is 128 Å². The zero-order chi connectivity index (χ0) is 14.1. The second-order valence-corrected chi connectivity index (χ2v) is 6.22. The lowest BCUT2D eigenvalue weighted by atomic mass is 10.3. The quantitative estimate of drug-likeness (QED) is 0.581. The van der Waals surface area contributed by atoms with Crippen LogP contribution in [0.15, 0.2) is 42.0 Å². The molecule has 4 heterocycles. The highest BCUT2D eigenvalue weighted by Gasteiger charge is 2.12. The molecule has 0 aliphatic carbocycles. The van der Waals surface area contributed by atoms with Crippen molar-refractivity contribution in [3.8, 4) is 11.4 Å². The van der Waals surface area contributed by atoms with Gasteiger partial charge in [0.1, 0.15) is 5.01 Å². The fourth-order valence-electron chi connectivity index (χ4n) is 1.91. The molecule has 0 atom stereocenters. The van der Waals surface area contributed by atoms with Crippen molar-refractivity contribution in [3.05, 3.63) is 51.9 Å². The third-order valence-electron chi connectivity index (χ3n) is 2.86. The Kier molecular flexibility index (Phi) is 3.06. The van der Waals surface area contributed by atoms with Crippen LogP contribution < -0.4 is 0 Å². The van der Waals surface area contributed by atoms with E-state index in [0.29, 0.717) is 5.82 Å². The minimum Gasteiger partial charge on any atom is -0.264 e. The average Bonchev–Trinajstić information content (AvgIpc) is 3.22. The molecule has 4 aromatic rings. The van der Waals surface area contributed by atoms with Gasteiger partial charge in [-0.05, 0) is 35.7 Å². The Morgan fingerprint density at radius 2 is 2.10 bits per heavy atom. The number of thiophene rings is 1. The molecule has 0 aliphatic rings. The Balaban J connectivity index is 1.73. The summed E-state index contributed by atoms with van der Waals surface area (Å²) in [6.45, 7) is 0. The number of aromatic nitrogens is 5. The van der Waals surface area contributed by atoms with E-state index in [-0.39, 0.29) is 0 Å². The summed E-state index contributed by atoms with van der Waals surface area (Å²) < 4.78 is 1.76. The van der Waals surface area contributed by atoms with E-state index < -0.39 is 0 Å². The number of fused-ring (bicyclic) bond motifs is 1. The maximum Gasteiger partial charge on any atom is 0.235 e. The maximum atomic E-state index is 4.55. The number of nitrogens with zero attached hydrogens (tertiary/aromatic N) is 5. The van der Waals surface area contributed by atoms with Crippen LogP contribution in [0.5, 0.6) is 0 Å². The third kappa shape index (κ3) is 2.37. The van der Waals surface area contributed by atoms with Gasteiger partial charge in [-0.1, -0.05) is 17.4 Å². The van der Waals surface area contributed by atoms with Gasteiger partial charge in [-0.3, -0.25) is 4.98 Å². The van der Waals surface area contributed by atoms with E-state index in [1.54, 1.807) is 28.2 Å². The maximum absolute atomic E-state index is 4.55. The molecule has 0 unspecified atom stereocenters. The van der Waals surface area contributed by atoms with Gasteiger partial charge in [0.05, 0.1) is 0 Å². The molecule has 5 nitrogen and oxygen atoms in total. The first-order valence-corrected chi connectivity index (χ1v) is 7.94. The van der Waals surface area contributed by atoms with Gasteiger partial charge < -0.3 is 0 Å². The van der Waals surface area contributed by atoms with Gasteiger partial charge in [-0.25, -0.2) is 0 Å². The molecule has 0 amide bonds. The van der Waals surface area contributed by atoms with Gasteiger partial charge >= 0.3 is 0 Å². The molecule has 0 aromatic carbocycles. The SMILES string of the molecule is C(=C\c1nn2c(-c3cccnc3)nnc2s1)/c1cccs1. The summed E-state index contributed by atoms with van der Waals surface area (Å²) in [5.41, 5.74) is 0.907. The van der Waals surface area contributed by atoms with Crippen LogP contribution in [0.25, 0.3) is 28.5 Å². The van der Waals surface area contributed by atoms with Gasteiger partial charge in [0.2, 0.25) is 4.96 Å². The van der Waals surface area contributed by atoms with Crippen molar-refractivity contribution in [1.82, 2.24) is 24.8 Å². The number of hydrogen-bond acceptors (Lipinski definition) is 6. The van der Waals surface area contributed by atoms with Crippen LogP contribution in [0.3, 0.4) is 0 Å². The fraction of sp³-hybridized carbons (Fsp3) is 0. The topological polar surface area (TPSA) is 56.0 Å². The summed E-state index contributed by atoms with van der Waals surface area (Å²) in [6, 6.07) is 7.93. The van der Waals surface area contributed by atoms with E-state index >= 15 is 0 Å². The van der Waals surface area contributed by atoms with Crippen LogP contribution in [0.4, 0.5) is 0 Å². The van der Waals surface area contributed by atoms with Crippen LogP contribution in [-0.4, -0.2) is 24.8 Å². The average molecular weight is 311 g/mol. The Hall–Kier alpha value is -2.38. The number of pyridine rings is 1. The van der Waals surface area contributed by atoms with Crippen molar-refractivity contribution in [3.63, 3.8) is 0 Å². The normalized spacial score (nSPS) is 11.6. The van der Waals surface area contributed by atoms with Gasteiger partial charge in [0.15, 0.2) is 5.82 Å². The second kappa shape index (κ2) is 5.19. The summed E-state index contributed by atoms with van der Waals surface area (Å²) in [5.74, 6) is 0.713. The predicted molar refractivity (Wildman–Crippen MR) is 85.1 cm³/mol. The molecular weight excluding hydrogens is 302 g/mol. The van der Waals surface area contributed by atoms with Crippen molar-refractivity contribution in [2.45, 2.75) is 0 Å². The van der Waals surface area contributed by atoms with Crippen LogP contribution in [-0.2, 0) is 0 Å². The zero-order valence-electron chi connectivity index (χ0n) is 10.7. The van der Waals surface area contributed by atoms with E-state index in [1.165, 1.54) is 16.2 Å². The minimum absolute atomic E-state index is 0.713. The Morgan fingerprint density at radius 1 is 1.10 bits per heavy atom. The molecule has 0 saturated carbocycles. The van der Waals surface area contributed by atoms with Gasteiger partial charge in [0.25, 0.3) is 0 Å². The molecule has 0 fully saturated rings. The molecule has 0 radical (unpaired) electrons. The lowest BCUT2D eigenvalue weighted by molar-refractivity contribution is 0.958. The smallest absolute Gasteiger partial charge is 0.235 e. The second-order valence-electron chi connectivity index (χ2n) is 4.25. The van der Waals surface area contributed by atoms with E-state index in [2.05, 4.69) is 37.8 Å². The first-order valence-electron chi connectivity index (χ1n) is 6.24. The van der Waals surface area contributed by atoms with Crippen molar-refractivity contribution in [1.29, 1.82) is 0 Å². The molecule has 21 heavy (non-hydrogen) atoms. The summed E-state index contributed by atoms with van der Waals surface area (Å²) >= 11 is 3.21. The molecular formula is C14H9N5S2. The highest BCUT2D eigenvalue weighted by Crippen LogP contribution is 2.22. The lowest BCUT2D eigenvalue weighted by Gasteiger charge is -1.94. The van der Waals surface area contributed by atoms with E-state index in [4.69, 9.17) is 0 Å². The predicted octanol–water partition coefficient (Wildman–Crippen LogP) is 3.48. The molecule has 0 saturated heterocycles. The van der Waals surface area contributed by atoms with Crippen LogP contribution >= 0.6 is 22.7 Å². The zero-order valence-corrected chi connectivity index (χ0v) is 12.4. The van der Waals surface area contributed by atoms with Gasteiger partial charge in [0, 0.05) is 22.8 Å². The third-order valence-corrected chi connectivity index (χ3v) is 4.56. The van der Waals surface area contributed by atoms with Crippen molar-refractivity contribution >= 4 is 39.8 Å². The largest absolute Gasteiger partial charge is 0.264 e. The van der Waals surface area contributed by atoms with Gasteiger partial charge in [-0.2, -0.15) is 9.61 Å². The van der Waals surface area contributed by atoms with Crippen molar-refractivity contribution in [2.75, 3.05) is 0 Å². The molecule has 102 valence electrons. The monoisotopic (exact) mass is 311 g/mol. The molecule has 0 aliphatic heterocycles. The highest BCUT2D eigenvalue weighted by atomic mass is 32.1. The first-order chi connectivity index (χ1) is 10.4. The summed E-state index contributed by atoms with van der Waals surface area (Å²) in [6.07, 6.45) is 7.55. The standard InChI is InChI=1S/C14H9N5S2/c1-3-10(9-15-7-1)13-16-17-14-19(13)18-12(21-14)6-5-11-4-2-8-20-11/h1-9H/b6-5+. The van der Waals surface area contributed by atoms with Crippen molar-refractivity contribution in [2.24, 2.45) is 0 Å².